The maximum atomic E-state index is 11.4. The van der Waals surface area contributed by atoms with Crippen molar-refractivity contribution in [3.63, 3.8) is 0 Å². The molecule has 5 heteroatoms. The molecule has 1 unspecified atom stereocenters. The van der Waals surface area contributed by atoms with E-state index in [0.29, 0.717) is 17.2 Å². The van der Waals surface area contributed by atoms with Gasteiger partial charge in [0.25, 0.3) is 0 Å². The molecule has 1 rings (SSSR count). The summed E-state index contributed by atoms with van der Waals surface area (Å²) in [6.07, 6.45) is 0.791. The minimum absolute atomic E-state index is 0.403. The van der Waals surface area contributed by atoms with Crippen LogP contribution in [0.3, 0.4) is 0 Å². The third-order valence-electron chi connectivity index (χ3n) is 1.93. The molecule has 0 spiro atoms. The summed E-state index contributed by atoms with van der Waals surface area (Å²) in [5, 5.41) is 0.618. The molecule has 0 amide bonds. The second kappa shape index (κ2) is 9.87. The molecule has 3 nitrogen and oxygen atoms in total. The fraction of sp³-hybridized carbons (Fsp3) is 0.500. The lowest BCUT2D eigenvalue weighted by Crippen LogP contribution is -2.16. The van der Waals surface area contributed by atoms with Crippen molar-refractivity contribution in [3.8, 4) is 0 Å². The van der Waals surface area contributed by atoms with Gasteiger partial charge in [-0.15, -0.1) is 0 Å². The lowest BCUT2D eigenvalue weighted by atomic mass is 9.81. The predicted octanol–water partition coefficient (Wildman–Crippen LogP) is 2.68. The highest BCUT2D eigenvalue weighted by atomic mass is 35.5. The second-order valence-electron chi connectivity index (χ2n) is 4.54. The van der Waals surface area contributed by atoms with Gasteiger partial charge in [-0.3, -0.25) is 4.79 Å². The minimum atomic E-state index is -0.728. The second-order valence-corrected chi connectivity index (χ2v) is 4.97. The van der Waals surface area contributed by atoms with Gasteiger partial charge >= 0.3 is 5.97 Å². The normalized spacial score (nSPS) is 11.5. The summed E-state index contributed by atoms with van der Waals surface area (Å²) in [6.45, 7) is 2.33. The molecule has 0 aliphatic heterocycles. The first-order valence-electron chi connectivity index (χ1n) is 6.17. The minimum Gasteiger partial charge on any atom is -0.466 e. The number of ether oxygens (including phenoxy) is 1. The maximum absolute atomic E-state index is 11.4. The van der Waals surface area contributed by atoms with Crippen LogP contribution in [0.1, 0.15) is 24.7 Å². The Kier molecular flexibility index (Phi) is 9.36. The van der Waals surface area contributed by atoms with E-state index < -0.39 is 11.8 Å². The highest BCUT2D eigenvalue weighted by molar-refractivity contribution is 6.30. The number of carbonyl (C=O) groups is 1. The van der Waals surface area contributed by atoms with Crippen LogP contribution < -0.4 is 0 Å². The molecule has 0 N–H and O–H groups in total. The molecular formula is C14H21BClNO2. The zero-order valence-corrected chi connectivity index (χ0v) is 12.8. The van der Waals surface area contributed by atoms with E-state index in [0.717, 1.165) is 6.42 Å². The topological polar surface area (TPSA) is 29.5 Å². The summed E-state index contributed by atoms with van der Waals surface area (Å²) in [6, 6.07) is 6.84. The zero-order valence-electron chi connectivity index (χ0n) is 12.0. The molecule has 0 heterocycles. The van der Waals surface area contributed by atoms with E-state index in [9.17, 15) is 4.79 Å². The third kappa shape index (κ3) is 8.68. The van der Waals surface area contributed by atoms with Crippen LogP contribution in [-0.4, -0.2) is 46.5 Å². The number of benzene rings is 1. The molecule has 1 aromatic rings. The quantitative estimate of drug-likeness (QED) is 0.628. The lowest BCUT2D eigenvalue weighted by molar-refractivity contribution is -0.143. The third-order valence-corrected chi connectivity index (χ3v) is 2.18. The number of carbonyl (C=O) groups excluding carboxylic acids is 1. The highest BCUT2D eigenvalue weighted by Gasteiger charge is 2.15. The molecular weight excluding hydrogens is 260 g/mol. The molecule has 1 aromatic carbocycles. The maximum Gasteiger partial charge on any atom is 0.304 e. The van der Waals surface area contributed by atoms with Crippen LogP contribution in [0, 0.1) is 0 Å². The molecule has 0 aliphatic rings. The summed E-state index contributed by atoms with van der Waals surface area (Å²) >= 11 is 5.72. The van der Waals surface area contributed by atoms with Gasteiger partial charge in [0.2, 0.25) is 0 Å². The number of hydrogen-bond acceptors (Lipinski definition) is 3. The summed E-state index contributed by atoms with van der Waals surface area (Å²) in [5.41, 5.74) is 0.709. The van der Waals surface area contributed by atoms with Crippen molar-refractivity contribution in [1.29, 1.82) is 0 Å². The van der Waals surface area contributed by atoms with Crippen molar-refractivity contribution in [2.45, 2.75) is 19.2 Å². The molecule has 19 heavy (non-hydrogen) atoms. The van der Waals surface area contributed by atoms with Crippen molar-refractivity contribution < 1.29 is 9.53 Å². The smallest absolute Gasteiger partial charge is 0.304 e. The fourth-order valence-corrected chi connectivity index (χ4v) is 1.22. The van der Waals surface area contributed by atoms with E-state index in [1.54, 1.807) is 24.3 Å². The highest BCUT2D eigenvalue weighted by Crippen LogP contribution is 2.17. The van der Waals surface area contributed by atoms with Crippen LogP contribution in [0.4, 0.5) is 0 Å². The van der Waals surface area contributed by atoms with Crippen molar-refractivity contribution >= 4 is 25.4 Å². The molecule has 0 saturated carbocycles. The van der Waals surface area contributed by atoms with Crippen molar-refractivity contribution in [2.24, 2.45) is 0 Å². The Labute approximate surface area is 122 Å². The van der Waals surface area contributed by atoms with Crippen molar-refractivity contribution in [1.82, 2.24) is 4.90 Å². The van der Waals surface area contributed by atoms with Gasteiger partial charge in [-0.1, -0.05) is 30.7 Å². The SMILES string of the molecule is CN(C)C.[B]C(C(=O)OCCC)c1ccc(Cl)cc1. The van der Waals surface area contributed by atoms with Crippen LogP contribution in [0.2, 0.25) is 5.02 Å². The van der Waals surface area contributed by atoms with Crippen LogP contribution in [-0.2, 0) is 9.53 Å². The summed E-state index contributed by atoms with van der Waals surface area (Å²) < 4.78 is 4.94. The number of rotatable bonds is 4. The van der Waals surface area contributed by atoms with Crippen LogP contribution in [0.15, 0.2) is 24.3 Å². The number of nitrogens with zero attached hydrogens (tertiary/aromatic N) is 1. The Balaban J connectivity index is 0.000000711. The zero-order chi connectivity index (χ0) is 14.8. The lowest BCUT2D eigenvalue weighted by Gasteiger charge is -2.11. The molecule has 2 radical (unpaired) electrons. The van der Waals surface area contributed by atoms with Gasteiger partial charge in [0, 0.05) is 10.8 Å². The molecule has 0 aromatic heterocycles. The van der Waals surface area contributed by atoms with E-state index in [2.05, 4.69) is 0 Å². The van der Waals surface area contributed by atoms with Crippen molar-refractivity contribution in [3.05, 3.63) is 34.9 Å². The Morgan fingerprint density at radius 2 is 1.79 bits per heavy atom. The number of hydrogen-bond donors (Lipinski definition) is 0. The molecule has 0 saturated heterocycles. The Morgan fingerprint density at radius 3 is 2.21 bits per heavy atom. The van der Waals surface area contributed by atoms with Gasteiger partial charge in [-0.2, -0.15) is 0 Å². The summed E-state index contributed by atoms with van der Waals surface area (Å²) in [4.78, 5) is 13.4. The Bertz CT molecular complexity index is 365. The van der Waals surface area contributed by atoms with Crippen LogP contribution in [0.5, 0.6) is 0 Å². The molecule has 0 bridgehead atoms. The fourth-order valence-electron chi connectivity index (χ4n) is 1.10. The number of esters is 1. The van der Waals surface area contributed by atoms with Gasteiger partial charge in [0.15, 0.2) is 0 Å². The van der Waals surface area contributed by atoms with Gasteiger partial charge in [-0.25, -0.2) is 0 Å². The van der Waals surface area contributed by atoms with E-state index in [1.807, 2.05) is 33.0 Å². The van der Waals surface area contributed by atoms with E-state index in [1.165, 1.54) is 0 Å². The summed E-state index contributed by atoms with van der Waals surface area (Å²) in [5.74, 6) is -1.13. The van der Waals surface area contributed by atoms with Gasteiger partial charge in [0.05, 0.1) is 14.5 Å². The number of halogens is 1. The van der Waals surface area contributed by atoms with Gasteiger partial charge in [0.1, 0.15) is 0 Å². The molecule has 104 valence electrons. The summed E-state index contributed by atoms with van der Waals surface area (Å²) in [7, 11) is 11.7. The standard InChI is InChI=1S/C11H12BClO2.C3H9N/c1-2-7-15-11(14)10(12)8-3-5-9(13)6-4-8;1-4(2)3/h3-6,10H,2,7H2,1H3;1-3H3. The first kappa shape index (κ1) is 18.0. The van der Waals surface area contributed by atoms with E-state index in [-0.39, 0.29) is 0 Å². The van der Waals surface area contributed by atoms with Gasteiger partial charge in [-0.05, 0) is 45.3 Å². The first-order chi connectivity index (χ1) is 8.88. The molecule has 0 fully saturated rings. The first-order valence-corrected chi connectivity index (χ1v) is 6.54. The molecule has 0 aliphatic carbocycles. The molecule has 1 atom stereocenters. The van der Waals surface area contributed by atoms with Gasteiger partial charge < -0.3 is 9.64 Å². The monoisotopic (exact) mass is 281 g/mol. The van der Waals surface area contributed by atoms with Crippen LogP contribution in [0.25, 0.3) is 0 Å². The average molecular weight is 282 g/mol. The van der Waals surface area contributed by atoms with Crippen LogP contribution >= 0.6 is 11.6 Å². The average Bonchev–Trinajstić information content (AvgIpc) is 2.35. The largest absolute Gasteiger partial charge is 0.466 e. The van der Waals surface area contributed by atoms with E-state index in [4.69, 9.17) is 24.2 Å². The Morgan fingerprint density at radius 1 is 1.32 bits per heavy atom. The van der Waals surface area contributed by atoms with E-state index >= 15 is 0 Å². The predicted molar refractivity (Wildman–Crippen MR) is 80.8 cm³/mol. The van der Waals surface area contributed by atoms with Crippen molar-refractivity contribution in [2.75, 3.05) is 27.7 Å². The Hall–Kier alpha value is -0.995.